The Hall–Kier alpha value is -3.11. The number of amides is 1. The van der Waals surface area contributed by atoms with Gasteiger partial charge in [-0.2, -0.15) is 0 Å². The maximum absolute atomic E-state index is 12.5. The summed E-state index contributed by atoms with van der Waals surface area (Å²) in [5.41, 5.74) is 5.70. The molecule has 33 heavy (non-hydrogen) atoms. The highest BCUT2D eigenvalue weighted by Crippen LogP contribution is 2.38. The molecule has 0 radical (unpaired) electrons. The van der Waals surface area contributed by atoms with Crippen molar-refractivity contribution >= 4 is 5.91 Å². The second-order valence-electron chi connectivity index (χ2n) is 8.88. The SMILES string of the molecule is COc1cccc2c1CC[C@H](C)[C@H]2NCCCCNC(=O)c1ccc(-c2ccccc2)cc1. The Morgan fingerprint density at radius 1 is 0.909 bits per heavy atom. The summed E-state index contributed by atoms with van der Waals surface area (Å²) >= 11 is 0. The lowest BCUT2D eigenvalue weighted by Gasteiger charge is -2.33. The lowest BCUT2D eigenvalue weighted by atomic mass is 9.80. The van der Waals surface area contributed by atoms with E-state index in [1.165, 1.54) is 17.5 Å². The highest BCUT2D eigenvalue weighted by molar-refractivity contribution is 5.94. The molecular formula is C29H34N2O2. The van der Waals surface area contributed by atoms with E-state index in [-0.39, 0.29) is 5.91 Å². The van der Waals surface area contributed by atoms with Crippen LogP contribution in [-0.2, 0) is 6.42 Å². The monoisotopic (exact) mass is 442 g/mol. The van der Waals surface area contributed by atoms with Crippen LogP contribution in [0.5, 0.6) is 5.75 Å². The Bertz CT molecular complexity index is 1050. The average molecular weight is 443 g/mol. The second-order valence-corrected chi connectivity index (χ2v) is 8.88. The molecule has 4 heteroatoms. The van der Waals surface area contributed by atoms with Crippen molar-refractivity contribution in [3.63, 3.8) is 0 Å². The minimum atomic E-state index is -0.00973. The van der Waals surface area contributed by atoms with E-state index in [0.29, 0.717) is 24.1 Å². The average Bonchev–Trinajstić information content (AvgIpc) is 2.87. The lowest BCUT2D eigenvalue weighted by molar-refractivity contribution is 0.0953. The number of fused-ring (bicyclic) bond motifs is 1. The molecule has 4 nitrogen and oxygen atoms in total. The third-order valence-electron chi connectivity index (χ3n) is 6.65. The Labute approximate surface area is 197 Å². The number of hydrogen-bond acceptors (Lipinski definition) is 3. The van der Waals surface area contributed by atoms with E-state index in [4.69, 9.17) is 4.74 Å². The smallest absolute Gasteiger partial charge is 0.251 e. The number of benzene rings is 3. The van der Waals surface area contributed by atoms with Gasteiger partial charge in [-0.3, -0.25) is 4.79 Å². The molecule has 2 N–H and O–H groups in total. The van der Waals surface area contributed by atoms with Crippen molar-refractivity contribution in [1.29, 1.82) is 0 Å². The maximum atomic E-state index is 12.5. The van der Waals surface area contributed by atoms with Crippen molar-refractivity contribution in [1.82, 2.24) is 10.6 Å². The molecule has 1 aliphatic rings. The summed E-state index contributed by atoms with van der Waals surface area (Å²) in [5.74, 6) is 1.60. The molecule has 0 fully saturated rings. The summed E-state index contributed by atoms with van der Waals surface area (Å²) in [6.45, 7) is 3.95. The number of ether oxygens (including phenoxy) is 1. The molecule has 0 unspecified atom stereocenters. The molecule has 0 bridgehead atoms. The fourth-order valence-electron chi connectivity index (χ4n) is 4.75. The van der Waals surface area contributed by atoms with E-state index in [2.05, 4.69) is 47.9 Å². The predicted octanol–water partition coefficient (Wildman–Crippen LogP) is 5.79. The number of nitrogens with one attached hydrogen (secondary N) is 2. The van der Waals surface area contributed by atoms with Gasteiger partial charge < -0.3 is 15.4 Å². The van der Waals surface area contributed by atoms with Crippen LogP contribution in [0.25, 0.3) is 11.1 Å². The van der Waals surface area contributed by atoms with E-state index >= 15 is 0 Å². The van der Waals surface area contributed by atoms with Crippen LogP contribution >= 0.6 is 0 Å². The first-order valence-corrected chi connectivity index (χ1v) is 12.0. The first-order valence-electron chi connectivity index (χ1n) is 12.0. The van der Waals surface area contributed by atoms with Crippen LogP contribution in [0.4, 0.5) is 0 Å². The summed E-state index contributed by atoms with van der Waals surface area (Å²) < 4.78 is 5.57. The maximum Gasteiger partial charge on any atom is 0.251 e. The van der Waals surface area contributed by atoms with Crippen molar-refractivity contribution in [2.24, 2.45) is 5.92 Å². The zero-order valence-electron chi connectivity index (χ0n) is 19.6. The van der Waals surface area contributed by atoms with Gasteiger partial charge in [0.1, 0.15) is 5.75 Å². The van der Waals surface area contributed by atoms with Gasteiger partial charge in [-0.25, -0.2) is 0 Å². The molecule has 0 aliphatic heterocycles. The second kappa shape index (κ2) is 11.2. The Kier molecular flexibility index (Phi) is 7.79. The van der Waals surface area contributed by atoms with Crippen LogP contribution < -0.4 is 15.4 Å². The molecule has 3 aromatic carbocycles. The van der Waals surface area contributed by atoms with Crippen molar-refractivity contribution in [3.8, 4) is 16.9 Å². The molecule has 0 saturated carbocycles. The normalized spacial score (nSPS) is 17.3. The molecule has 172 valence electrons. The highest BCUT2D eigenvalue weighted by Gasteiger charge is 2.27. The third kappa shape index (κ3) is 5.63. The lowest BCUT2D eigenvalue weighted by Crippen LogP contribution is -2.32. The van der Waals surface area contributed by atoms with Gasteiger partial charge in [0.05, 0.1) is 7.11 Å². The number of carbonyl (C=O) groups excluding carboxylic acids is 1. The zero-order chi connectivity index (χ0) is 23.0. The van der Waals surface area contributed by atoms with Crippen LogP contribution in [0.3, 0.4) is 0 Å². The van der Waals surface area contributed by atoms with Crippen LogP contribution in [0.2, 0.25) is 0 Å². The molecule has 4 rings (SSSR count). The largest absolute Gasteiger partial charge is 0.496 e. The molecule has 3 aromatic rings. The topological polar surface area (TPSA) is 50.4 Å². The van der Waals surface area contributed by atoms with Gasteiger partial charge >= 0.3 is 0 Å². The van der Waals surface area contributed by atoms with Gasteiger partial charge in [0.2, 0.25) is 0 Å². The van der Waals surface area contributed by atoms with Crippen molar-refractivity contribution in [3.05, 3.63) is 89.5 Å². The van der Waals surface area contributed by atoms with Crippen LogP contribution in [0.15, 0.2) is 72.8 Å². The number of methoxy groups -OCH3 is 1. The Morgan fingerprint density at radius 2 is 1.64 bits per heavy atom. The first kappa shape index (κ1) is 23.1. The number of hydrogen-bond donors (Lipinski definition) is 2. The fraction of sp³-hybridized carbons (Fsp3) is 0.345. The molecule has 2 atom stereocenters. The van der Waals surface area contributed by atoms with Gasteiger partial charge in [0, 0.05) is 18.2 Å². The molecule has 1 amide bonds. The molecular weight excluding hydrogens is 408 g/mol. The Morgan fingerprint density at radius 3 is 2.39 bits per heavy atom. The zero-order valence-corrected chi connectivity index (χ0v) is 19.6. The van der Waals surface area contributed by atoms with Crippen LogP contribution in [0, 0.1) is 5.92 Å². The van der Waals surface area contributed by atoms with Gasteiger partial charge in [0.15, 0.2) is 0 Å². The van der Waals surface area contributed by atoms with Gasteiger partial charge in [-0.1, -0.05) is 61.5 Å². The van der Waals surface area contributed by atoms with Crippen molar-refractivity contribution in [2.45, 2.75) is 38.6 Å². The third-order valence-corrected chi connectivity index (χ3v) is 6.65. The molecule has 0 spiro atoms. The van der Waals surface area contributed by atoms with Gasteiger partial charge in [-0.15, -0.1) is 0 Å². The van der Waals surface area contributed by atoms with Crippen LogP contribution in [-0.4, -0.2) is 26.1 Å². The van der Waals surface area contributed by atoms with Crippen molar-refractivity contribution in [2.75, 3.05) is 20.2 Å². The Balaban J connectivity index is 1.21. The fourth-order valence-corrected chi connectivity index (χ4v) is 4.75. The summed E-state index contributed by atoms with van der Waals surface area (Å²) in [5, 5.41) is 6.81. The quantitative estimate of drug-likeness (QED) is 0.413. The standard InChI is InChI=1S/C29H34N2O2/c1-21-13-18-25-26(11-8-12-27(25)33-2)28(21)30-19-6-7-20-31-29(32)24-16-14-23(15-17-24)22-9-4-3-5-10-22/h3-5,8-12,14-17,21,28,30H,6-7,13,18-20H2,1-2H3,(H,31,32)/t21-,28+/m0/s1. The molecule has 0 heterocycles. The summed E-state index contributed by atoms with van der Waals surface area (Å²) in [6, 6.07) is 24.8. The van der Waals surface area contributed by atoms with Crippen molar-refractivity contribution < 1.29 is 9.53 Å². The summed E-state index contributed by atoms with van der Waals surface area (Å²) in [6.07, 6.45) is 4.23. The molecule has 0 aromatic heterocycles. The first-order chi connectivity index (χ1) is 16.2. The number of carbonyl (C=O) groups is 1. The number of rotatable bonds is 9. The number of unbranched alkanes of at least 4 members (excludes halogenated alkanes) is 1. The van der Waals surface area contributed by atoms with Gasteiger partial charge in [0.25, 0.3) is 5.91 Å². The van der Waals surface area contributed by atoms with Gasteiger partial charge in [-0.05, 0) is 78.6 Å². The van der Waals surface area contributed by atoms with E-state index in [9.17, 15) is 4.79 Å². The van der Waals surface area contributed by atoms with Crippen LogP contribution in [0.1, 0.15) is 53.7 Å². The predicted molar refractivity (Wildman–Crippen MR) is 135 cm³/mol. The summed E-state index contributed by atoms with van der Waals surface area (Å²) in [4.78, 5) is 12.5. The molecule has 1 aliphatic carbocycles. The summed E-state index contributed by atoms with van der Waals surface area (Å²) in [7, 11) is 1.75. The minimum Gasteiger partial charge on any atom is -0.496 e. The molecule has 0 saturated heterocycles. The highest BCUT2D eigenvalue weighted by atomic mass is 16.5. The van der Waals surface area contributed by atoms with E-state index in [1.54, 1.807) is 7.11 Å². The van der Waals surface area contributed by atoms with E-state index in [1.807, 2.05) is 42.5 Å². The van der Waals surface area contributed by atoms with E-state index < -0.39 is 0 Å². The minimum absolute atomic E-state index is 0.00973. The van der Waals surface area contributed by atoms with E-state index in [0.717, 1.165) is 42.7 Å².